The van der Waals surface area contributed by atoms with Gasteiger partial charge in [-0.05, 0) is 54.5 Å². The maximum Gasteiger partial charge on any atom is 0.287 e. The lowest BCUT2D eigenvalue weighted by molar-refractivity contribution is -0.133. The fraction of sp³-hybridized carbons (Fsp3) is 0.414. The molecule has 2 heterocycles. The maximum atomic E-state index is 14.0. The Morgan fingerprint density at radius 3 is 2.18 bits per heavy atom. The number of fused-ring (bicyclic) bond motifs is 1. The van der Waals surface area contributed by atoms with Crippen molar-refractivity contribution in [1.82, 2.24) is 10.6 Å². The number of carbonyl (C=O) groups is 2. The predicted molar refractivity (Wildman–Crippen MR) is 142 cm³/mol. The molecule has 3 aliphatic rings. The summed E-state index contributed by atoms with van der Waals surface area (Å²) in [6, 6.07) is 16.9. The van der Waals surface area contributed by atoms with Crippen molar-refractivity contribution in [2.75, 3.05) is 11.5 Å². The first-order chi connectivity index (χ1) is 18.5. The normalized spacial score (nSPS) is 21.8. The van der Waals surface area contributed by atoms with E-state index < -0.39 is 47.3 Å². The maximum absolute atomic E-state index is 14.0. The van der Waals surface area contributed by atoms with Gasteiger partial charge in [0, 0.05) is 29.7 Å². The summed E-state index contributed by atoms with van der Waals surface area (Å²) in [6.45, 7) is 0. The third-order valence-electron chi connectivity index (χ3n) is 8.12. The quantitative estimate of drug-likeness (QED) is 0.402. The van der Waals surface area contributed by atoms with Gasteiger partial charge < -0.3 is 20.2 Å². The van der Waals surface area contributed by atoms with E-state index in [4.69, 9.17) is 4.42 Å². The van der Waals surface area contributed by atoms with Gasteiger partial charge in [-0.2, -0.15) is 17.0 Å². The van der Waals surface area contributed by atoms with Crippen molar-refractivity contribution >= 4 is 34.5 Å². The third-order valence-corrected chi connectivity index (χ3v) is 9.48. The molecule has 2 aliphatic carbocycles. The molecule has 1 aromatic heterocycles. The minimum absolute atomic E-state index is 0.0341. The molecule has 0 unspecified atom stereocenters. The number of nitrogens with one attached hydrogen (secondary N) is 2. The van der Waals surface area contributed by atoms with E-state index in [-0.39, 0.29) is 18.6 Å². The zero-order valence-corrected chi connectivity index (χ0v) is 21.9. The number of benzene rings is 2. The molecule has 3 N–H and O–H groups in total. The molecule has 2 aromatic carbocycles. The molecule has 2 amide bonds. The van der Waals surface area contributed by atoms with Gasteiger partial charge in [-0.1, -0.05) is 36.4 Å². The number of alkyl halides is 2. The first-order valence-electron chi connectivity index (χ1n) is 12.9. The Kier molecular flexibility index (Phi) is 6.01. The molecule has 0 bridgehead atoms. The van der Waals surface area contributed by atoms with Crippen LogP contribution in [-0.4, -0.2) is 45.4 Å². The largest absolute Gasteiger partial charge is 0.451 e. The van der Waals surface area contributed by atoms with Crippen molar-refractivity contribution in [2.45, 2.75) is 61.1 Å². The van der Waals surface area contributed by atoms with Crippen molar-refractivity contribution in [2.24, 2.45) is 0 Å². The number of carbonyl (C=O) groups excluding carboxylic acids is 2. The molecule has 202 valence electrons. The van der Waals surface area contributed by atoms with Crippen molar-refractivity contribution in [3.63, 3.8) is 0 Å². The molecular weight excluding hydrogens is 524 g/mol. The van der Waals surface area contributed by atoms with Gasteiger partial charge in [-0.25, -0.2) is 8.78 Å². The number of aliphatic hydroxyl groups is 1. The summed E-state index contributed by atoms with van der Waals surface area (Å²) in [7, 11) is 0. The Labute approximate surface area is 227 Å². The highest BCUT2D eigenvalue weighted by Crippen LogP contribution is 2.42. The molecule has 0 atom stereocenters. The molecule has 39 heavy (non-hydrogen) atoms. The molecule has 3 aromatic rings. The number of thioether (sulfide) groups is 1. The topological polar surface area (TPSA) is 115 Å². The summed E-state index contributed by atoms with van der Waals surface area (Å²) in [6.07, 6.45) is -0.591. The molecular formula is C29H27F2N3O4S. The van der Waals surface area contributed by atoms with Gasteiger partial charge in [0.15, 0.2) is 5.76 Å². The lowest BCUT2D eigenvalue weighted by Crippen LogP contribution is -2.62. The van der Waals surface area contributed by atoms with E-state index in [1.807, 2.05) is 42.5 Å². The summed E-state index contributed by atoms with van der Waals surface area (Å²) in [4.78, 5) is 26.5. The second-order valence-corrected chi connectivity index (χ2v) is 12.0. The number of halogens is 2. The highest BCUT2D eigenvalue weighted by atomic mass is 32.2. The van der Waals surface area contributed by atoms with E-state index >= 15 is 0 Å². The highest BCUT2D eigenvalue weighted by Gasteiger charge is 2.53. The van der Waals surface area contributed by atoms with Gasteiger partial charge in [0.25, 0.3) is 5.91 Å². The molecule has 0 spiro atoms. The summed E-state index contributed by atoms with van der Waals surface area (Å²) in [5.41, 5.74) is -0.190. The SMILES string of the molecule is N#CC1(NC(=O)C2(NC(=O)c3cc4ccc(-c5ccc(C6(O)CSC6)cc5)cc4o3)CCC(F)(F)CC2)CC1. The average molecular weight is 552 g/mol. The Morgan fingerprint density at radius 1 is 0.923 bits per heavy atom. The van der Waals surface area contributed by atoms with Crippen molar-refractivity contribution < 1.29 is 27.9 Å². The average Bonchev–Trinajstić information content (AvgIpc) is 3.55. The Morgan fingerprint density at radius 2 is 1.59 bits per heavy atom. The first-order valence-corrected chi connectivity index (χ1v) is 14.1. The molecule has 1 saturated heterocycles. The molecule has 0 radical (unpaired) electrons. The number of nitriles is 1. The van der Waals surface area contributed by atoms with Gasteiger partial charge in [0.2, 0.25) is 11.8 Å². The lowest BCUT2D eigenvalue weighted by atomic mass is 9.78. The van der Waals surface area contributed by atoms with Crippen LogP contribution in [-0.2, 0) is 10.4 Å². The van der Waals surface area contributed by atoms with Crippen LogP contribution in [0.1, 0.15) is 54.6 Å². The van der Waals surface area contributed by atoms with Crippen LogP contribution in [0, 0.1) is 11.3 Å². The highest BCUT2D eigenvalue weighted by molar-refractivity contribution is 8.00. The minimum Gasteiger partial charge on any atom is -0.451 e. The molecule has 1 aliphatic heterocycles. The van der Waals surface area contributed by atoms with Crippen LogP contribution in [0.5, 0.6) is 0 Å². The minimum atomic E-state index is -2.91. The van der Waals surface area contributed by atoms with Gasteiger partial charge in [-0.3, -0.25) is 9.59 Å². The summed E-state index contributed by atoms with van der Waals surface area (Å²) in [5.74, 6) is -2.87. The number of nitrogens with zero attached hydrogens (tertiary/aromatic N) is 1. The number of hydrogen-bond acceptors (Lipinski definition) is 6. The van der Waals surface area contributed by atoms with Crippen molar-refractivity contribution in [3.8, 4) is 17.2 Å². The van der Waals surface area contributed by atoms with E-state index in [0.717, 1.165) is 16.7 Å². The fourth-order valence-electron chi connectivity index (χ4n) is 5.21. The summed E-state index contributed by atoms with van der Waals surface area (Å²) < 4.78 is 33.8. The summed E-state index contributed by atoms with van der Waals surface area (Å²) >= 11 is 1.70. The van der Waals surface area contributed by atoms with Gasteiger partial charge in [0.1, 0.15) is 22.3 Å². The standard InChI is InChI=1S/C29H27F2N3O4S/c30-29(31)11-9-27(10-12-29,25(36)34-26(15-32)7-8-26)33-24(35)23-14-20-2-1-19(13-22(20)38-23)18-3-5-21(6-4-18)28(37)16-39-17-28/h1-6,13-14,37H,7-12,16-17H2,(H,33,35)(H,34,36). The summed E-state index contributed by atoms with van der Waals surface area (Å²) in [5, 5.41) is 26.0. The van der Waals surface area contributed by atoms with E-state index in [1.165, 1.54) is 0 Å². The monoisotopic (exact) mass is 551 g/mol. The van der Waals surface area contributed by atoms with Gasteiger partial charge >= 0.3 is 0 Å². The second-order valence-electron chi connectivity index (χ2n) is 11.0. The number of rotatable bonds is 6. The number of furan rings is 1. The molecule has 7 nitrogen and oxygen atoms in total. The Balaban J connectivity index is 1.23. The van der Waals surface area contributed by atoms with Crippen LogP contribution in [0.4, 0.5) is 8.78 Å². The molecule has 6 rings (SSSR count). The third kappa shape index (κ3) is 4.79. The van der Waals surface area contributed by atoms with E-state index in [1.54, 1.807) is 17.8 Å². The van der Waals surface area contributed by atoms with Crippen LogP contribution in [0.25, 0.3) is 22.1 Å². The van der Waals surface area contributed by atoms with Crippen molar-refractivity contribution in [3.05, 3.63) is 59.9 Å². The van der Waals surface area contributed by atoms with Gasteiger partial charge in [-0.15, -0.1) is 0 Å². The Bertz CT molecular complexity index is 1490. The molecule has 2 saturated carbocycles. The zero-order chi connectivity index (χ0) is 27.5. The molecule has 10 heteroatoms. The second kappa shape index (κ2) is 9.07. The van der Waals surface area contributed by atoms with Crippen LogP contribution >= 0.6 is 11.8 Å². The van der Waals surface area contributed by atoms with E-state index in [0.29, 0.717) is 35.3 Å². The van der Waals surface area contributed by atoms with Crippen LogP contribution < -0.4 is 10.6 Å². The number of amides is 2. The lowest BCUT2D eigenvalue weighted by Gasteiger charge is -2.39. The smallest absolute Gasteiger partial charge is 0.287 e. The molecule has 3 fully saturated rings. The van der Waals surface area contributed by atoms with Crippen LogP contribution in [0.2, 0.25) is 0 Å². The van der Waals surface area contributed by atoms with Crippen molar-refractivity contribution in [1.29, 1.82) is 5.26 Å². The van der Waals surface area contributed by atoms with E-state index in [2.05, 4.69) is 16.7 Å². The van der Waals surface area contributed by atoms with Gasteiger partial charge in [0.05, 0.1) is 6.07 Å². The zero-order valence-electron chi connectivity index (χ0n) is 21.1. The predicted octanol–water partition coefficient (Wildman–Crippen LogP) is 4.88. The van der Waals surface area contributed by atoms with Crippen LogP contribution in [0.3, 0.4) is 0 Å². The number of hydrogen-bond donors (Lipinski definition) is 3. The van der Waals surface area contributed by atoms with Crippen LogP contribution in [0.15, 0.2) is 52.9 Å². The Hall–Kier alpha value is -3.42. The van der Waals surface area contributed by atoms with E-state index in [9.17, 15) is 28.7 Å². The fourth-order valence-corrected chi connectivity index (χ4v) is 6.14. The first kappa shape index (κ1) is 25.8.